The van der Waals surface area contributed by atoms with E-state index in [1.807, 2.05) is 24.3 Å². The number of nitrogens with zero attached hydrogens (tertiary/aromatic N) is 3. The molecule has 8 heteroatoms. The second-order valence-electron chi connectivity index (χ2n) is 8.39. The van der Waals surface area contributed by atoms with Crippen molar-refractivity contribution in [1.29, 1.82) is 0 Å². The zero-order valence-electron chi connectivity index (χ0n) is 19.6. The molecule has 33 heavy (non-hydrogen) atoms. The molecule has 178 valence electrons. The summed E-state index contributed by atoms with van der Waals surface area (Å²) in [6.45, 7) is 7.39. The zero-order chi connectivity index (χ0) is 23.2. The molecule has 3 aromatic rings. The number of hydrogen-bond donors (Lipinski definition) is 1. The first-order valence-electron chi connectivity index (χ1n) is 11.4. The van der Waals surface area contributed by atoms with Crippen LogP contribution in [-0.2, 0) is 11.3 Å². The van der Waals surface area contributed by atoms with E-state index in [4.69, 9.17) is 19.2 Å². The summed E-state index contributed by atoms with van der Waals surface area (Å²) in [5.41, 5.74) is 2.07. The maximum Gasteiger partial charge on any atom is 0.161 e. The molecule has 2 atom stereocenters. The van der Waals surface area contributed by atoms with Crippen LogP contribution in [0.4, 0.5) is 0 Å². The lowest BCUT2D eigenvalue weighted by Crippen LogP contribution is -2.49. The van der Waals surface area contributed by atoms with E-state index in [-0.39, 0.29) is 0 Å². The van der Waals surface area contributed by atoms with Crippen LogP contribution in [0.5, 0.6) is 11.5 Å². The number of benzene rings is 2. The second-order valence-corrected chi connectivity index (χ2v) is 9.45. The normalized spacial score (nSPS) is 17.2. The summed E-state index contributed by atoms with van der Waals surface area (Å²) < 4.78 is 17.6. The van der Waals surface area contributed by atoms with Crippen LogP contribution in [-0.4, -0.2) is 79.5 Å². The number of aliphatic hydroxyl groups excluding tert-OH is 1. The topological polar surface area (TPSA) is 67.3 Å². The van der Waals surface area contributed by atoms with E-state index in [1.165, 1.54) is 9.71 Å². The average molecular weight is 472 g/mol. The highest BCUT2D eigenvalue weighted by molar-refractivity contribution is 7.18. The van der Waals surface area contributed by atoms with Gasteiger partial charge in [-0.15, -0.1) is 11.3 Å². The average Bonchev–Trinajstić information content (AvgIpc) is 3.28. The number of hydrogen-bond acceptors (Lipinski definition) is 8. The van der Waals surface area contributed by atoms with E-state index in [9.17, 15) is 5.11 Å². The first-order valence-corrected chi connectivity index (χ1v) is 12.2. The Balaban J connectivity index is 1.19. The fourth-order valence-corrected chi connectivity index (χ4v) is 5.25. The Morgan fingerprint density at radius 3 is 2.52 bits per heavy atom. The number of aromatic nitrogens is 1. The highest BCUT2D eigenvalue weighted by Gasteiger charge is 2.25. The SMILES string of the molecule is COc1ccc(COC[C@@H](O)CN2CCN([C@H](C)c3nc4ccccc4s3)CC2)cc1OC. The summed E-state index contributed by atoms with van der Waals surface area (Å²) in [5.74, 6) is 1.37. The lowest BCUT2D eigenvalue weighted by Gasteiger charge is -2.38. The van der Waals surface area contributed by atoms with Crippen molar-refractivity contribution in [3.05, 3.63) is 53.0 Å². The number of methoxy groups -OCH3 is 2. The summed E-state index contributed by atoms with van der Waals surface area (Å²) in [7, 11) is 3.23. The van der Waals surface area contributed by atoms with Crippen LogP contribution in [0.25, 0.3) is 10.2 Å². The second kappa shape index (κ2) is 11.3. The zero-order valence-corrected chi connectivity index (χ0v) is 20.4. The van der Waals surface area contributed by atoms with Crippen molar-refractivity contribution in [2.75, 3.05) is 53.6 Å². The summed E-state index contributed by atoms with van der Waals surface area (Å²) in [4.78, 5) is 9.62. The van der Waals surface area contributed by atoms with Crippen LogP contribution in [0.3, 0.4) is 0 Å². The Hall–Kier alpha value is -2.23. The molecule has 4 rings (SSSR count). The highest BCUT2D eigenvalue weighted by Crippen LogP contribution is 2.30. The van der Waals surface area contributed by atoms with Crippen LogP contribution in [0, 0.1) is 0 Å². The summed E-state index contributed by atoms with van der Waals surface area (Å²) in [6, 6.07) is 14.3. The molecule has 1 saturated heterocycles. The fraction of sp³-hybridized carbons (Fsp3) is 0.480. The van der Waals surface area contributed by atoms with Gasteiger partial charge in [-0.25, -0.2) is 4.98 Å². The Labute approximate surface area is 199 Å². The van der Waals surface area contributed by atoms with Crippen LogP contribution in [0.2, 0.25) is 0 Å². The molecule has 0 unspecified atom stereocenters. The molecular formula is C25H33N3O4S. The smallest absolute Gasteiger partial charge is 0.161 e. The Morgan fingerprint density at radius 2 is 1.79 bits per heavy atom. The van der Waals surface area contributed by atoms with Crippen molar-refractivity contribution in [3.63, 3.8) is 0 Å². The number of piperazine rings is 1. The van der Waals surface area contributed by atoms with Gasteiger partial charge in [0.2, 0.25) is 0 Å². The van der Waals surface area contributed by atoms with Gasteiger partial charge in [0.25, 0.3) is 0 Å². The molecule has 1 N–H and O–H groups in total. The predicted molar refractivity (Wildman–Crippen MR) is 131 cm³/mol. The van der Waals surface area contributed by atoms with Crippen molar-refractivity contribution in [1.82, 2.24) is 14.8 Å². The molecular weight excluding hydrogens is 438 g/mol. The van der Waals surface area contributed by atoms with Gasteiger partial charge in [0, 0.05) is 32.7 Å². The van der Waals surface area contributed by atoms with Crippen LogP contribution in [0.15, 0.2) is 42.5 Å². The summed E-state index contributed by atoms with van der Waals surface area (Å²) >= 11 is 1.78. The molecule has 1 aliphatic rings. The van der Waals surface area contributed by atoms with Gasteiger partial charge in [-0.2, -0.15) is 0 Å². The van der Waals surface area contributed by atoms with E-state index in [0.717, 1.165) is 37.3 Å². The number of ether oxygens (including phenoxy) is 3. The minimum Gasteiger partial charge on any atom is -0.493 e. The predicted octanol–water partition coefficient (Wildman–Crippen LogP) is 3.57. The van der Waals surface area contributed by atoms with Gasteiger partial charge in [0.1, 0.15) is 5.01 Å². The molecule has 1 aromatic heterocycles. The largest absolute Gasteiger partial charge is 0.493 e. The van der Waals surface area contributed by atoms with Gasteiger partial charge in [0.15, 0.2) is 11.5 Å². The molecule has 0 amide bonds. The third kappa shape index (κ3) is 6.02. The molecule has 0 spiro atoms. The lowest BCUT2D eigenvalue weighted by atomic mass is 10.2. The van der Waals surface area contributed by atoms with E-state index in [0.29, 0.717) is 37.3 Å². The van der Waals surface area contributed by atoms with Crippen molar-refractivity contribution < 1.29 is 19.3 Å². The molecule has 2 heterocycles. The Kier molecular flexibility index (Phi) is 8.16. The quantitative estimate of drug-likeness (QED) is 0.485. The van der Waals surface area contributed by atoms with E-state index in [1.54, 1.807) is 25.6 Å². The van der Waals surface area contributed by atoms with E-state index in [2.05, 4.69) is 34.9 Å². The molecule has 0 saturated carbocycles. The van der Waals surface area contributed by atoms with Gasteiger partial charge in [-0.05, 0) is 36.8 Å². The lowest BCUT2D eigenvalue weighted by molar-refractivity contribution is -0.00145. The number of β-amino-alcohol motifs (C(OH)–C–C–N with tert-alkyl or cyclic N) is 1. The Bertz CT molecular complexity index is 1000. The standard InChI is InChI=1S/C25H33N3O4S/c1-18(25-26-21-6-4-5-7-24(21)33-25)28-12-10-27(11-13-28)15-20(29)17-32-16-19-8-9-22(30-2)23(14-19)31-3/h4-9,14,18,20,29H,10-13,15-17H2,1-3H3/t18-,20+/m1/s1. The number of rotatable bonds is 10. The van der Waals surface area contributed by atoms with Crippen molar-refractivity contribution in [2.45, 2.75) is 25.7 Å². The maximum absolute atomic E-state index is 10.5. The number of fused-ring (bicyclic) bond motifs is 1. The van der Waals surface area contributed by atoms with Gasteiger partial charge in [0.05, 0.1) is 49.8 Å². The minimum absolute atomic E-state index is 0.302. The summed E-state index contributed by atoms with van der Waals surface area (Å²) in [6.07, 6.45) is -0.515. The molecule has 1 fully saturated rings. The minimum atomic E-state index is -0.515. The van der Waals surface area contributed by atoms with Crippen LogP contribution >= 0.6 is 11.3 Å². The van der Waals surface area contributed by atoms with Gasteiger partial charge >= 0.3 is 0 Å². The fourth-order valence-electron chi connectivity index (χ4n) is 4.19. The van der Waals surface area contributed by atoms with E-state index >= 15 is 0 Å². The number of para-hydroxylation sites is 1. The molecule has 7 nitrogen and oxygen atoms in total. The van der Waals surface area contributed by atoms with Gasteiger partial charge in [-0.1, -0.05) is 18.2 Å². The van der Waals surface area contributed by atoms with Crippen LogP contribution < -0.4 is 9.47 Å². The first-order chi connectivity index (χ1) is 16.1. The first kappa shape index (κ1) is 23.9. The van der Waals surface area contributed by atoms with Gasteiger partial charge in [-0.3, -0.25) is 9.80 Å². The summed E-state index contributed by atoms with van der Waals surface area (Å²) in [5, 5.41) is 11.6. The van der Waals surface area contributed by atoms with Crippen molar-refractivity contribution in [3.8, 4) is 11.5 Å². The maximum atomic E-state index is 10.5. The third-order valence-electron chi connectivity index (χ3n) is 6.12. The third-order valence-corrected chi connectivity index (χ3v) is 7.32. The van der Waals surface area contributed by atoms with Gasteiger partial charge < -0.3 is 19.3 Å². The van der Waals surface area contributed by atoms with Crippen molar-refractivity contribution in [2.24, 2.45) is 0 Å². The molecule has 0 bridgehead atoms. The molecule has 2 aromatic carbocycles. The highest BCUT2D eigenvalue weighted by atomic mass is 32.1. The molecule has 0 radical (unpaired) electrons. The Morgan fingerprint density at radius 1 is 1.03 bits per heavy atom. The number of aliphatic hydroxyl groups is 1. The van der Waals surface area contributed by atoms with Crippen LogP contribution in [0.1, 0.15) is 23.5 Å². The molecule has 1 aliphatic heterocycles. The van der Waals surface area contributed by atoms with Crippen molar-refractivity contribution >= 4 is 21.6 Å². The molecule has 0 aliphatic carbocycles. The number of thiazole rings is 1. The monoisotopic (exact) mass is 471 g/mol. The van der Waals surface area contributed by atoms with E-state index < -0.39 is 6.10 Å².